The highest BCUT2D eigenvalue weighted by molar-refractivity contribution is 5.51. The first kappa shape index (κ1) is 16.6. The molecule has 0 spiro atoms. The normalized spacial score (nSPS) is 15.2. The predicted octanol–water partition coefficient (Wildman–Crippen LogP) is 3.97. The number of aromatic nitrogens is 3. The average molecular weight is 347 g/mol. The van der Waals surface area contributed by atoms with Crippen LogP contribution in [-0.2, 0) is 0 Å². The van der Waals surface area contributed by atoms with Crippen molar-refractivity contribution in [3.8, 4) is 5.69 Å². The summed E-state index contributed by atoms with van der Waals surface area (Å²) in [5, 5.41) is 3.69. The van der Waals surface area contributed by atoms with Crippen LogP contribution in [0.3, 0.4) is 0 Å². The number of benzene rings is 1. The summed E-state index contributed by atoms with van der Waals surface area (Å²) in [5.41, 5.74) is 5.88. The molecule has 1 fully saturated rings. The molecule has 2 aromatic heterocycles. The molecule has 1 aliphatic heterocycles. The van der Waals surface area contributed by atoms with Crippen LogP contribution in [0, 0.1) is 13.8 Å². The number of aryl methyl sites for hydroxylation is 1. The fraction of sp³-hybridized carbons (Fsp3) is 0.333. The van der Waals surface area contributed by atoms with Crippen molar-refractivity contribution in [2.75, 3.05) is 23.3 Å². The van der Waals surface area contributed by atoms with E-state index in [0.29, 0.717) is 6.04 Å². The van der Waals surface area contributed by atoms with Crippen LogP contribution < -0.4 is 10.2 Å². The second-order valence-corrected chi connectivity index (χ2v) is 6.94. The lowest BCUT2D eigenvalue weighted by atomic mass is 10.0. The Hall–Kier alpha value is -2.82. The molecule has 0 aliphatic carbocycles. The maximum Gasteiger partial charge on any atom is 0.0997 e. The number of piperidine rings is 1. The summed E-state index contributed by atoms with van der Waals surface area (Å²) >= 11 is 0. The number of imidazole rings is 1. The molecule has 5 heteroatoms. The summed E-state index contributed by atoms with van der Waals surface area (Å²) < 4.78 is 2.13. The number of nitrogens with zero attached hydrogens (tertiary/aromatic N) is 4. The highest BCUT2D eigenvalue weighted by Gasteiger charge is 2.19. The molecule has 4 rings (SSSR count). The number of nitrogens with one attached hydrogen (secondary N) is 1. The van der Waals surface area contributed by atoms with E-state index in [4.69, 9.17) is 0 Å². The first-order valence-corrected chi connectivity index (χ1v) is 9.23. The summed E-state index contributed by atoms with van der Waals surface area (Å²) in [4.78, 5) is 10.9. The van der Waals surface area contributed by atoms with Gasteiger partial charge in [0.05, 0.1) is 12.0 Å². The molecule has 1 aromatic carbocycles. The standard InChI is InChI=1S/C21H25N5/c1-16-17(2)26(15-23-16)21-5-3-18(4-6-21)24-19-9-13-25(14-10-19)20-7-11-22-12-8-20/h3-8,11-12,15,19,24H,9-10,13-14H2,1-2H3. The number of hydrogen-bond acceptors (Lipinski definition) is 4. The minimum atomic E-state index is 0.524. The smallest absolute Gasteiger partial charge is 0.0997 e. The van der Waals surface area contributed by atoms with Gasteiger partial charge in [-0.2, -0.15) is 0 Å². The maximum absolute atomic E-state index is 4.38. The SMILES string of the molecule is Cc1ncn(-c2ccc(NC3CCN(c4ccncc4)CC3)cc2)c1C. The topological polar surface area (TPSA) is 46.0 Å². The van der Waals surface area contributed by atoms with Crippen LogP contribution in [0.2, 0.25) is 0 Å². The molecule has 0 amide bonds. The van der Waals surface area contributed by atoms with Gasteiger partial charge in [0, 0.05) is 54.3 Å². The van der Waals surface area contributed by atoms with E-state index in [0.717, 1.165) is 37.3 Å². The Kier molecular flexibility index (Phi) is 4.61. The second kappa shape index (κ2) is 7.20. The Morgan fingerprint density at radius 3 is 2.23 bits per heavy atom. The number of rotatable bonds is 4. The van der Waals surface area contributed by atoms with Gasteiger partial charge >= 0.3 is 0 Å². The van der Waals surface area contributed by atoms with Gasteiger partial charge < -0.3 is 14.8 Å². The van der Waals surface area contributed by atoms with Crippen molar-refractivity contribution in [1.29, 1.82) is 0 Å². The molecule has 0 saturated carbocycles. The van der Waals surface area contributed by atoms with Crippen molar-refractivity contribution in [3.63, 3.8) is 0 Å². The molecule has 0 atom stereocenters. The van der Waals surface area contributed by atoms with Crippen LogP contribution in [0.1, 0.15) is 24.2 Å². The fourth-order valence-electron chi connectivity index (χ4n) is 3.55. The van der Waals surface area contributed by atoms with E-state index in [1.54, 1.807) is 0 Å². The minimum absolute atomic E-state index is 0.524. The van der Waals surface area contributed by atoms with Gasteiger partial charge in [0.15, 0.2) is 0 Å². The molecule has 26 heavy (non-hydrogen) atoms. The van der Waals surface area contributed by atoms with E-state index < -0.39 is 0 Å². The van der Waals surface area contributed by atoms with Crippen molar-refractivity contribution in [2.45, 2.75) is 32.7 Å². The summed E-state index contributed by atoms with van der Waals surface area (Å²) in [7, 11) is 0. The van der Waals surface area contributed by atoms with Gasteiger partial charge in [-0.15, -0.1) is 0 Å². The van der Waals surface area contributed by atoms with Gasteiger partial charge in [0.25, 0.3) is 0 Å². The fourth-order valence-corrected chi connectivity index (χ4v) is 3.55. The predicted molar refractivity (Wildman–Crippen MR) is 106 cm³/mol. The van der Waals surface area contributed by atoms with E-state index in [1.165, 1.54) is 17.1 Å². The Labute approximate surface area is 154 Å². The van der Waals surface area contributed by atoms with Crippen LogP contribution in [0.4, 0.5) is 11.4 Å². The Bertz CT molecular complexity index is 846. The third kappa shape index (κ3) is 3.43. The Morgan fingerprint density at radius 2 is 1.62 bits per heavy atom. The van der Waals surface area contributed by atoms with E-state index in [2.05, 4.69) is 68.1 Å². The van der Waals surface area contributed by atoms with Crippen molar-refractivity contribution in [1.82, 2.24) is 14.5 Å². The molecule has 0 bridgehead atoms. The van der Waals surface area contributed by atoms with E-state index >= 15 is 0 Å². The van der Waals surface area contributed by atoms with Crippen molar-refractivity contribution in [3.05, 3.63) is 66.5 Å². The Balaban J connectivity index is 1.36. The zero-order valence-electron chi connectivity index (χ0n) is 15.4. The monoisotopic (exact) mass is 347 g/mol. The van der Waals surface area contributed by atoms with Crippen LogP contribution in [0.15, 0.2) is 55.1 Å². The molecule has 1 saturated heterocycles. The summed E-state index contributed by atoms with van der Waals surface area (Å²) in [6.45, 7) is 6.30. The molecular weight excluding hydrogens is 322 g/mol. The number of pyridine rings is 1. The molecule has 0 radical (unpaired) electrons. The summed E-state index contributed by atoms with van der Waals surface area (Å²) in [5.74, 6) is 0. The maximum atomic E-state index is 4.38. The van der Waals surface area contributed by atoms with Crippen LogP contribution in [0.25, 0.3) is 5.69 Å². The molecule has 1 N–H and O–H groups in total. The van der Waals surface area contributed by atoms with Crippen molar-refractivity contribution < 1.29 is 0 Å². The molecule has 1 aliphatic rings. The highest BCUT2D eigenvalue weighted by Crippen LogP contribution is 2.22. The largest absolute Gasteiger partial charge is 0.382 e. The van der Waals surface area contributed by atoms with Crippen molar-refractivity contribution >= 4 is 11.4 Å². The molecule has 3 aromatic rings. The van der Waals surface area contributed by atoms with Crippen LogP contribution in [0.5, 0.6) is 0 Å². The molecule has 5 nitrogen and oxygen atoms in total. The number of anilines is 2. The van der Waals surface area contributed by atoms with Gasteiger partial charge in [0.1, 0.15) is 0 Å². The van der Waals surface area contributed by atoms with Gasteiger partial charge in [0.2, 0.25) is 0 Å². The van der Waals surface area contributed by atoms with Gasteiger partial charge in [-0.1, -0.05) is 0 Å². The van der Waals surface area contributed by atoms with Crippen LogP contribution >= 0.6 is 0 Å². The van der Waals surface area contributed by atoms with E-state index in [1.807, 2.05) is 25.6 Å². The summed E-state index contributed by atoms with van der Waals surface area (Å²) in [6.07, 6.45) is 7.91. The summed E-state index contributed by atoms with van der Waals surface area (Å²) in [6, 6.07) is 13.3. The number of hydrogen-bond donors (Lipinski definition) is 1. The minimum Gasteiger partial charge on any atom is -0.382 e. The van der Waals surface area contributed by atoms with Gasteiger partial charge in [-0.3, -0.25) is 4.98 Å². The Morgan fingerprint density at radius 1 is 0.923 bits per heavy atom. The molecule has 134 valence electrons. The van der Waals surface area contributed by atoms with E-state index in [9.17, 15) is 0 Å². The highest BCUT2D eigenvalue weighted by atomic mass is 15.1. The molecular formula is C21H25N5. The van der Waals surface area contributed by atoms with E-state index in [-0.39, 0.29) is 0 Å². The zero-order valence-corrected chi connectivity index (χ0v) is 15.4. The lowest BCUT2D eigenvalue weighted by Gasteiger charge is -2.34. The molecule has 3 heterocycles. The molecule has 0 unspecified atom stereocenters. The first-order valence-electron chi connectivity index (χ1n) is 9.23. The first-order chi connectivity index (χ1) is 12.7. The lowest BCUT2D eigenvalue weighted by Crippen LogP contribution is -2.39. The second-order valence-electron chi connectivity index (χ2n) is 6.94. The van der Waals surface area contributed by atoms with Crippen LogP contribution in [-0.4, -0.2) is 33.7 Å². The third-order valence-electron chi connectivity index (χ3n) is 5.29. The quantitative estimate of drug-likeness (QED) is 0.776. The third-order valence-corrected chi connectivity index (χ3v) is 5.29. The lowest BCUT2D eigenvalue weighted by molar-refractivity contribution is 0.526. The zero-order chi connectivity index (χ0) is 17.9. The van der Waals surface area contributed by atoms with Gasteiger partial charge in [-0.05, 0) is 63.1 Å². The average Bonchev–Trinajstić information content (AvgIpc) is 3.03. The van der Waals surface area contributed by atoms with Crippen molar-refractivity contribution in [2.24, 2.45) is 0 Å². The van der Waals surface area contributed by atoms with Gasteiger partial charge in [-0.25, -0.2) is 4.98 Å².